The van der Waals surface area contributed by atoms with E-state index in [0.717, 1.165) is 23.0 Å². The van der Waals surface area contributed by atoms with Gasteiger partial charge >= 0.3 is 0 Å². The second-order valence-corrected chi connectivity index (χ2v) is 10.4. The summed E-state index contributed by atoms with van der Waals surface area (Å²) >= 11 is 0. The molecular formula is C27H31N3O4S. The minimum Gasteiger partial charge on any atom is -0.495 e. The summed E-state index contributed by atoms with van der Waals surface area (Å²) in [5.41, 5.74) is 2.44. The van der Waals surface area contributed by atoms with Crippen molar-refractivity contribution < 1.29 is 17.9 Å². The van der Waals surface area contributed by atoms with Gasteiger partial charge in [-0.15, -0.1) is 0 Å². The summed E-state index contributed by atoms with van der Waals surface area (Å²) < 4.78 is 33.6. The molecule has 0 aromatic heterocycles. The average Bonchev–Trinajstić information content (AvgIpc) is 3.43. The molecule has 8 heteroatoms. The van der Waals surface area contributed by atoms with Gasteiger partial charge in [0.1, 0.15) is 12.3 Å². The molecule has 184 valence electrons. The number of rotatable bonds is 9. The zero-order chi connectivity index (χ0) is 24.8. The fourth-order valence-electron chi connectivity index (χ4n) is 4.31. The number of hydrogen-bond donors (Lipinski definition) is 1. The number of nitrogens with one attached hydrogen (secondary N) is 1. The van der Waals surface area contributed by atoms with E-state index >= 15 is 0 Å². The summed E-state index contributed by atoms with van der Waals surface area (Å²) in [6.07, 6.45) is 2.42. The van der Waals surface area contributed by atoms with Gasteiger partial charge in [0.05, 0.1) is 23.7 Å². The van der Waals surface area contributed by atoms with E-state index in [1.54, 1.807) is 42.5 Å². The van der Waals surface area contributed by atoms with Crippen LogP contribution in [0.4, 0.5) is 11.4 Å². The number of carbonyl (C=O) groups is 1. The largest absolute Gasteiger partial charge is 0.495 e. The fraction of sp³-hybridized carbons (Fsp3) is 0.296. The zero-order valence-corrected chi connectivity index (χ0v) is 20.9. The Bertz CT molecular complexity index is 1240. The molecule has 0 radical (unpaired) electrons. The van der Waals surface area contributed by atoms with Crippen molar-refractivity contribution in [3.05, 3.63) is 84.4 Å². The summed E-state index contributed by atoms with van der Waals surface area (Å²) in [7, 11) is -2.54. The Kier molecular flexibility index (Phi) is 7.60. The molecule has 35 heavy (non-hydrogen) atoms. The fourth-order valence-corrected chi connectivity index (χ4v) is 5.76. The SMILES string of the molecule is COc1ccccc1N(CC(=O)NC(C)c1ccc(N2CCCC2)cc1)S(=O)(=O)c1ccccc1. The molecule has 7 nitrogen and oxygen atoms in total. The minimum atomic E-state index is -4.01. The van der Waals surface area contributed by atoms with Gasteiger partial charge in [-0.3, -0.25) is 9.10 Å². The molecule has 1 atom stereocenters. The zero-order valence-electron chi connectivity index (χ0n) is 20.1. The molecule has 1 aliphatic heterocycles. The average molecular weight is 494 g/mol. The Morgan fingerprint density at radius 3 is 2.26 bits per heavy atom. The molecule has 1 fully saturated rings. The van der Waals surface area contributed by atoms with Crippen molar-refractivity contribution in [1.82, 2.24) is 5.32 Å². The first-order valence-corrected chi connectivity index (χ1v) is 13.2. The molecule has 1 saturated heterocycles. The lowest BCUT2D eigenvalue weighted by Crippen LogP contribution is -2.41. The van der Waals surface area contributed by atoms with Gasteiger partial charge in [-0.2, -0.15) is 0 Å². The highest BCUT2D eigenvalue weighted by molar-refractivity contribution is 7.92. The molecule has 1 N–H and O–H groups in total. The van der Waals surface area contributed by atoms with Crippen LogP contribution in [0.15, 0.2) is 83.8 Å². The number of methoxy groups -OCH3 is 1. The highest BCUT2D eigenvalue weighted by Crippen LogP contribution is 2.32. The molecule has 1 unspecified atom stereocenters. The van der Waals surface area contributed by atoms with Crippen molar-refractivity contribution in [2.24, 2.45) is 0 Å². The standard InChI is InChI=1S/C27H31N3O4S/c1-21(22-14-16-23(17-15-22)29-18-8-9-19-29)28-27(31)20-30(25-12-6-7-13-26(25)34-2)35(32,33)24-10-4-3-5-11-24/h3-7,10-17,21H,8-9,18-20H2,1-2H3,(H,28,31). The molecule has 0 saturated carbocycles. The topological polar surface area (TPSA) is 79.0 Å². The number of amides is 1. The van der Waals surface area contributed by atoms with Crippen LogP contribution in [0, 0.1) is 0 Å². The van der Waals surface area contributed by atoms with Crippen LogP contribution in [0.25, 0.3) is 0 Å². The molecule has 4 rings (SSSR count). The lowest BCUT2D eigenvalue weighted by molar-refractivity contribution is -0.120. The second kappa shape index (κ2) is 10.8. The van der Waals surface area contributed by atoms with Gasteiger partial charge in [0.2, 0.25) is 5.91 Å². The Morgan fingerprint density at radius 1 is 0.971 bits per heavy atom. The lowest BCUT2D eigenvalue weighted by atomic mass is 10.1. The van der Waals surface area contributed by atoms with Crippen molar-refractivity contribution >= 4 is 27.3 Å². The molecule has 3 aromatic carbocycles. The van der Waals surface area contributed by atoms with Gasteiger partial charge in [0, 0.05) is 18.8 Å². The third-order valence-corrected chi connectivity index (χ3v) is 7.99. The number of para-hydroxylation sites is 2. The van der Waals surface area contributed by atoms with Crippen molar-refractivity contribution in [3.63, 3.8) is 0 Å². The summed E-state index contributed by atoms with van der Waals surface area (Å²) in [5, 5.41) is 2.95. The van der Waals surface area contributed by atoms with E-state index in [1.807, 2.05) is 19.1 Å². The van der Waals surface area contributed by atoms with Crippen molar-refractivity contribution in [3.8, 4) is 5.75 Å². The van der Waals surface area contributed by atoms with E-state index in [2.05, 4.69) is 22.3 Å². The number of carbonyl (C=O) groups excluding carboxylic acids is 1. The van der Waals surface area contributed by atoms with E-state index in [0.29, 0.717) is 11.4 Å². The molecule has 1 heterocycles. The van der Waals surface area contributed by atoms with Crippen molar-refractivity contribution in [1.29, 1.82) is 0 Å². The van der Waals surface area contributed by atoms with Gasteiger partial charge < -0.3 is 15.0 Å². The summed E-state index contributed by atoms with van der Waals surface area (Å²) in [4.78, 5) is 15.6. The quantitative estimate of drug-likeness (QED) is 0.479. The number of hydrogen-bond acceptors (Lipinski definition) is 5. The number of benzene rings is 3. The van der Waals surface area contributed by atoms with Gasteiger partial charge in [0.15, 0.2) is 0 Å². The molecule has 0 aliphatic carbocycles. The monoisotopic (exact) mass is 493 g/mol. The smallest absolute Gasteiger partial charge is 0.264 e. The third-order valence-electron chi connectivity index (χ3n) is 6.21. The van der Waals surface area contributed by atoms with Crippen LogP contribution in [0.1, 0.15) is 31.4 Å². The molecule has 1 aliphatic rings. The van der Waals surface area contributed by atoms with Crippen LogP contribution in [-0.4, -0.2) is 41.1 Å². The van der Waals surface area contributed by atoms with Crippen molar-refractivity contribution in [2.45, 2.75) is 30.7 Å². The van der Waals surface area contributed by atoms with Crippen LogP contribution in [-0.2, 0) is 14.8 Å². The highest BCUT2D eigenvalue weighted by atomic mass is 32.2. The van der Waals surface area contributed by atoms with Crippen LogP contribution in [0.3, 0.4) is 0 Å². The van der Waals surface area contributed by atoms with Crippen LogP contribution >= 0.6 is 0 Å². The molecular weight excluding hydrogens is 462 g/mol. The first-order valence-electron chi connectivity index (χ1n) is 11.8. The predicted octanol–water partition coefficient (Wildman–Crippen LogP) is 4.37. The third kappa shape index (κ3) is 5.59. The first-order chi connectivity index (χ1) is 16.9. The lowest BCUT2D eigenvalue weighted by Gasteiger charge is -2.26. The molecule has 3 aromatic rings. The Hall–Kier alpha value is -3.52. The Balaban J connectivity index is 1.54. The van der Waals surface area contributed by atoms with Crippen LogP contribution < -0.4 is 19.3 Å². The number of ether oxygens (including phenoxy) is 1. The minimum absolute atomic E-state index is 0.101. The second-order valence-electron chi connectivity index (χ2n) is 8.57. The van der Waals surface area contributed by atoms with Gasteiger partial charge in [-0.25, -0.2) is 8.42 Å². The van der Waals surface area contributed by atoms with Gasteiger partial charge in [-0.05, 0) is 61.7 Å². The maximum Gasteiger partial charge on any atom is 0.264 e. The summed E-state index contributed by atoms with van der Waals surface area (Å²) in [6, 6.07) is 22.7. The summed E-state index contributed by atoms with van der Waals surface area (Å²) in [5.74, 6) is -0.0445. The highest BCUT2D eigenvalue weighted by Gasteiger charge is 2.29. The summed E-state index contributed by atoms with van der Waals surface area (Å²) in [6.45, 7) is 3.65. The van der Waals surface area contributed by atoms with E-state index in [1.165, 1.54) is 37.8 Å². The van der Waals surface area contributed by atoms with E-state index < -0.39 is 15.9 Å². The molecule has 0 spiro atoms. The van der Waals surface area contributed by atoms with Crippen LogP contribution in [0.5, 0.6) is 5.75 Å². The number of anilines is 2. The Labute approximate surface area is 207 Å². The predicted molar refractivity (Wildman–Crippen MR) is 138 cm³/mol. The normalized spacial score (nSPS) is 14.4. The van der Waals surface area contributed by atoms with Crippen LogP contribution in [0.2, 0.25) is 0 Å². The van der Waals surface area contributed by atoms with Gasteiger partial charge in [-0.1, -0.05) is 42.5 Å². The Morgan fingerprint density at radius 2 is 1.60 bits per heavy atom. The number of sulfonamides is 1. The van der Waals surface area contributed by atoms with Gasteiger partial charge in [0.25, 0.3) is 10.0 Å². The maximum absolute atomic E-state index is 13.5. The van der Waals surface area contributed by atoms with Crippen molar-refractivity contribution in [2.75, 3.05) is 35.9 Å². The number of nitrogens with zero attached hydrogens (tertiary/aromatic N) is 2. The molecule has 1 amide bonds. The molecule has 0 bridgehead atoms. The van der Waals surface area contributed by atoms with E-state index in [9.17, 15) is 13.2 Å². The van der Waals surface area contributed by atoms with E-state index in [4.69, 9.17) is 4.74 Å². The first kappa shape index (κ1) is 24.6. The van der Waals surface area contributed by atoms with E-state index in [-0.39, 0.29) is 17.5 Å². The maximum atomic E-state index is 13.5.